The van der Waals surface area contributed by atoms with E-state index in [9.17, 15) is 9.59 Å². The van der Waals surface area contributed by atoms with Crippen LogP contribution in [0.4, 0.5) is 11.4 Å². The van der Waals surface area contributed by atoms with E-state index in [0.717, 1.165) is 26.3 Å². The second-order valence-corrected chi connectivity index (χ2v) is 7.00. The zero-order valence-electron chi connectivity index (χ0n) is 15.4. The molecule has 0 N–H and O–H groups in total. The lowest BCUT2D eigenvalue weighted by atomic mass is 10.1. The Bertz CT molecular complexity index is 844. The zero-order valence-corrected chi connectivity index (χ0v) is 15.4. The van der Waals surface area contributed by atoms with Crippen molar-refractivity contribution in [2.75, 3.05) is 49.8 Å². The average Bonchev–Trinajstić information content (AvgIpc) is 2.94. The van der Waals surface area contributed by atoms with Gasteiger partial charge in [-0.05, 0) is 36.9 Å². The minimum Gasteiger partial charge on any atom is -0.378 e. The maximum Gasteiger partial charge on any atom is 0.300 e. The number of ether oxygens (including phenoxy) is 1. The third-order valence-corrected chi connectivity index (χ3v) is 5.03. The number of ketones is 1. The van der Waals surface area contributed by atoms with Gasteiger partial charge >= 0.3 is 5.91 Å². The van der Waals surface area contributed by atoms with E-state index in [0.29, 0.717) is 24.5 Å². The minimum atomic E-state index is -0.453. The van der Waals surface area contributed by atoms with E-state index in [1.165, 1.54) is 11.3 Å². The predicted molar refractivity (Wildman–Crippen MR) is 104 cm³/mol. The number of Topliss-reactive ketones (excluding diaryl/α,β-unsaturated/α-hetero) is 1. The van der Waals surface area contributed by atoms with Gasteiger partial charge in [0.05, 0.1) is 31.1 Å². The molecule has 2 aliphatic heterocycles. The zero-order chi connectivity index (χ0) is 18.8. The summed E-state index contributed by atoms with van der Waals surface area (Å²) < 4.78 is 5.40. The Hall–Kier alpha value is -2.70. The fourth-order valence-electron chi connectivity index (χ4n) is 3.63. The number of nitrogens with zero attached hydrogens (tertiary/aromatic N) is 3. The first-order valence-electron chi connectivity index (χ1n) is 9.19. The third-order valence-electron chi connectivity index (χ3n) is 5.03. The highest BCUT2D eigenvalue weighted by Gasteiger charge is 2.35. The van der Waals surface area contributed by atoms with Gasteiger partial charge in [0.1, 0.15) is 0 Å². The Morgan fingerprint density at radius 3 is 2.44 bits per heavy atom. The van der Waals surface area contributed by atoms with E-state index in [-0.39, 0.29) is 0 Å². The molecular formula is C21H23N3O3. The van der Waals surface area contributed by atoms with Crippen LogP contribution in [0.1, 0.15) is 15.9 Å². The number of fused-ring (bicyclic) bond motifs is 1. The largest absolute Gasteiger partial charge is 0.378 e. The summed E-state index contributed by atoms with van der Waals surface area (Å²) in [6.45, 7) is 4.47. The van der Waals surface area contributed by atoms with E-state index in [1.54, 1.807) is 17.0 Å². The lowest BCUT2D eigenvalue weighted by Gasteiger charge is -2.29. The molecule has 2 aliphatic rings. The molecule has 1 saturated heterocycles. The molecule has 0 aromatic heterocycles. The van der Waals surface area contributed by atoms with Crippen LogP contribution in [0, 0.1) is 0 Å². The number of hydrogen-bond donors (Lipinski definition) is 0. The predicted octanol–water partition coefficient (Wildman–Crippen LogP) is 2.14. The summed E-state index contributed by atoms with van der Waals surface area (Å²) in [5, 5.41) is 0. The molecule has 1 fully saturated rings. The van der Waals surface area contributed by atoms with Crippen LogP contribution in [0.25, 0.3) is 0 Å². The number of anilines is 2. The molecule has 0 aliphatic carbocycles. The van der Waals surface area contributed by atoms with Gasteiger partial charge in [-0.15, -0.1) is 0 Å². The van der Waals surface area contributed by atoms with Gasteiger partial charge in [-0.3, -0.25) is 19.4 Å². The molecule has 2 heterocycles. The summed E-state index contributed by atoms with van der Waals surface area (Å²) >= 11 is 0. The summed E-state index contributed by atoms with van der Waals surface area (Å²) in [5.74, 6) is -0.875. The number of carbonyl (C=O) groups is 2. The maximum absolute atomic E-state index is 12.3. The molecule has 0 radical (unpaired) electrons. The molecule has 140 valence electrons. The van der Waals surface area contributed by atoms with Gasteiger partial charge in [0, 0.05) is 25.3 Å². The molecule has 6 heteroatoms. The number of rotatable bonds is 5. The van der Waals surface area contributed by atoms with Crippen LogP contribution >= 0.6 is 0 Å². The van der Waals surface area contributed by atoms with Gasteiger partial charge in [-0.25, -0.2) is 0 Å². The standard InChI is InChI=1S/C21H23N3O3/c1-22(15-24-19-5-3-2-4-18(19)20(25)21(24)26)14-16-6-8-17(9-7-16)23-10-12-27-13-11-23/h2-9H,10-15H2,1H3. The molecule has 0 saturated carbocycles. The van der Waals surface area contributed by atoms with Gasteiger partial charge in [0.2, 0.25) is 0 Å². The van der Waals surface area contributed by atoms with Crippen molar-refractivity contribution in [1.82, 2.24) is 4.90 Å². The van der Waals surface area contributed by atoms with Crippen LogP contribution in [-0.2, 0) is 16.1 Å². The molecule has 1 amide bonds. The van der Waals surface area contributed by atoms with Crippen molar-refractivity contribution in [2.45, 2.75) is 6.54 Å². The summed E-state index contributed by atoms with van der Waals surface area (Å²) in [6.07, 6.45) is 0. The fraction of sp³-hybridized carbons (Fsp3) is 0.333. The SMILES string of the molecule is CN(Cc1ccc(N2CCOCC2)cc1)CN1C(=O)C(=O)c2ccccc21. The van der Waals surface area contributed by atoms with Crippen LogP contribution in [-0.4, -0.2) is 56.6 Å². The van der Waals surface area contributed by atoms with Crippen molar-refractivity contribution in [3.05, 3.63) is 59.7 Å². The Balaban J connectivity index is 1.40. The van der Waals surface area contributed by atoms with Crippen LogP contribution < -0.4 is 9.80 Å². The molecule has 4 rings (SSSR count). The van der Waals surface area contributed by atoms with Gasteiger partial charge in [0.25, 0.3) is 5.78 Å². The smallest absolute Gasteiger partial charge is 0.300 e. The monoisotopic (exact) mass is 365 g/mol. The number of carbonyl (C=O) groups excluding carboxylic acids is 2. The molecule has 27 heavy (non-hydrogen) atoms. The molecular weight excluding hydrogens is 342 g/mol. The highest BCUT2D eigenvalue weighted by Crippen LogP contribution is 2.28. The van der Waals surface area contributed by atoms with Crippen molar-refractivity contribution < 1.29 is 14.3 Å². The van der Waals surface area contributed by atoms with Crippen molar-refractivity contribution in [1.29, 1.82) is 0 Å². The number of benzene rings is 2. The van der Waals surface area contributed by atoms with E-state index in [1.807, 2.05) is 24.1 Å². The lowest BCUT2D eigenvalue weighted by Crippen LogP contribution is -2.39. The molecule has 2 aromatic rings. The first kappa shape index (κ1) is 17.7. The van der Waals surface area contributed by atoms with Crippen molar-refractivity contribution in [2.24, 2.45) is 0 Å². The lowest BCUT2D eigenvalue weighted by molar-refractivity contribution is -0.114. The van der Waals surface area contributed by atoms with E-state index >= 15 is 0 Å². The Kier molecular flexibility index (Phi) is 4.92. The Labute approximate surface area is 158 Å². The van der Waals surface area contributed by atoms with E-state index in [2.05, 4.69) is 29.2 Å². The highest BCUT2D eigenvalue weighted by atomic mass is 16.5. The number of amides is 1. The number of morpholine rings is 1. The van der Waals surface area contributed by atoms with Crippen LogP contribution in [0.15, 0.2) is 48.5 Å². The van der Waals surface area contributed by atoms with Crippen molar-refractivity contribution >= 4 is 23.1 Å². The molecule has 0 unspecified atom stereocenters. The summed E-state index contributed by atoms with van der Waals surface area (Å²) in [5.41, 5.74) is 3.56. The molecule has 0 atom stereocenters. The first-order chi connectivity index (χ1) is 13.1. The van der Waals surface area contributed by atoms with Gasteiger partial charge in [0.15, 0.2) is 0 Å². The number of para-hydroxylation sites is 1. The van der Waals surface area contributed by atoms with E-state index < -0.39 is 11.7 Å². The minimum absolute atomic E-state index is 0.382. The Morgan fingerprint density at radius 2 is 1.70 bits per heavy atom. The van der Waals surface area contributed by atoms with Gasteiger partial charge in [-0.2, -0.15) is 0 Å². The summed E-state index contributed by atoms with van der Waals surface area (Å²) in [4.78, 5) is 30.3. The first-order valence-corrected chi connectivity index (χ1v) is 9.19. The van der Waals surface area contributed by atoms with Crippen LogP contribution in [0.5, 0.6) is 0 Å². The maximum atomic E-state index is 12.3. The fourth-order valence-corrected chi connectivity index (χ4v) is 3.63. The van der Waals surface area contributed by atoms with Crippen LogP contribution in [0.3, 0.4) is 0 Å². The van der Waals surface area contributed by atoms with Gasteiger partial charge in [-0.1, -0.05) is 24.3 Å². The second-order valence-electron chi connectivity index (χ2n) is 7.00. The normalized spacial score (nSPS) is 17.0. The van der Waals surface area contributed by atoms with Crippen LogP contribution in [0.2, 0.25) is 0 Å². The highest BCUT2D eigenvalue weighted by molar-refractivity contribution is 6.52. The quantitative estimate of drug-likeness (QED) is 0.760. The van der Waals surface area contributed by atoms with Crippen molar-refractivity contribution in [3.8, 4) is 0 Å². The molecule has 0 bridgehead atoms. The van der Waals surface area contributed by atoms with Gasteiger partial charge < -0.3 is 9.64 Å². The number of hydrogen-bond acceptors (Lipinski definition) is 5. The van der Waals surface area contributed by atoms with Crippen molar-refractivity contribution in [3.63, 3.8) is 0 Å². The third kappa shape index (κ3) is 3.59. The average molecular weight is 365 g/mol. The second kappa shape index (κ2) is 7.50. The molecule has 2 aromatic carbocycles. The molecule has 0 spiro atoms. The summed E-state index contributed by atoms with van der Waals surface area (Å²) in [7, 11) is 1.95. The summed E-state index contributed by atoms with van der Waals surface area (Å²) in [6, 6.07) is 15.7. The topological polar surface area (TPSA) is 53.1 Å². The van der Waals surface area contributed by atoms with E-state index in [4.69, 9.17) is 4.74 Å². The Morgan fingerprint density at radius 1 is 1.00 bits per heavy atom. The molecule has 6 nitrogen and oxygen atoms in total.